The van der Waals surface area contributed by atoms with Gasteiger partial charge in [-0.1, -0.05) is 45.6 Å². The van der Waals surface area contributed by atoms with Crippen LogP contribution < -0.4 is 9.47 Å². The van der Waals surface area contributed by atoms with Crippen LogP contribution in [-0.2, 0) is 25.6 Å². The van der Waals surface area contributed by atoms with Crippen LogP contribution in [0.15, 0.2) is 18.2 Å². The molecule has 1 saturated carbocycles. The maximum atomic E-state index is 12.2. The third kappa shape index (κ3) is 9.71. The van der Waals surface area contributed by atoms with Crippen LogP contribution >= 0.6 is 0 Å². The number of benzene rings is 1. The van der Waals surface area contributed by atoms with Gasteiger partial charge in [-0.25, -0.2) is 0 Å². The predicted molar refractivity (Wildman–Crippen MR) is 156 cm³/mol. The minimum atomic E-state index is -1.66. The number of rotatable bonds is 16. The van der Waals surface area contributed by atoms with Gasteiger partial charge < -0.3 is 59.4 Å². The molecule has 2 fully saturated rings. The highest BCUT2D eigenvalue weighted by atomic mass is 16.7. The summed E-state index contributed by atoms with van der Waals surface area (Å²) in [6.45, 7) is 3.31. The van der Waals surface area contributed by atoms with Gasteiger partial charge in [-0.2, -0.15) is 0 Å². The third-order valence-electron chi connectivity index (χ3n) is 8.27. The molecule has 0 amide bonds. The fraction of sp³-hybridized carbons (Fsp3) is 0.774. The fourth-order valence-corrected chi connectivity index (χ4v) is 5.55. The van der Waals surface area contributed by atoms with E-state index in [1.54, 1.807) is 12.1 Å². The van der Waals surface area contributed by atoms with Crippen molar-refractivity contribution in [1.29, 1.82) is 0 Å². The van der Waals surface area contributed by atoms with Gasteiger partial charge in [-0.3, -0.25) is 4.79 Å². The highest BCUT2D eigenvalue weighted by Crippen LogP contribution is 2.35. The second kappa shape index (κ2) is 17.6. The molecule has 1 aliphatic carbocycles. The molecule has 0 spiro atoms. The summed E-state index contributed by atoms with van der Waals surface area (Å²) in [5.74, 6) is 0.00771. The van der Waals surface area contributed by atoms with E-state index in [1.807, 2.05) is 0 Å². The summed E-state index contributed by atoms with van der Waals surface area (Å²) in [7, 11) is 1.41. The molecule has 0 bridgehead atoms. The Bertz CT molecular complexity index is 1000. The van der Waals surface area contributed by atoms with Crippen LogP contribution in [0.3, 0.4) is 0 Å². The summed E-state index contributed by atoms with van der Waals surface area (Å²) < 4.78 is 28.1. The average molecular weight is 631 g/mol. The van der Waals surface area contributed by atoms with E-state index in [2.05, 4.69) is 13.8 Å². The number of carbonyl (C=O) groups is 1. The van der Waals surface area contributed by atoms with Crippen LogP contribution in [0.4, 0.5) is 0 Å². The second-order valence-corrected chi connectivity index (χ2v) is 12.1. The Morgan fingerprint density at radius 3 is 2.30 bits per heavy atom. The lowest BCUT2D eigenvalue weighted by atomic mass is 9.81. The molecule has 10 atom stereocenters. The Morgan fingerprint density at radius 2 is 1.64 bits per heavy atom. The molecule has 44 heavy (non-hydrogen) atoms. The summed E-state index contributed by atoms with van der Waals surface area (Å²) in [4.78, 5) is 12.2. The molecule has 13 nitrogen and oxygen atoms in total. The summed E-state index contributed by atoms with van der Waals surface area (Å²) in [5.41, 5.74) is 0.644. The Balaban J connectivity index is 1.56. The molecular weight excluding hydrogens is 580 g/mol. The van der Waals surface area contributed by atoms with Crippen molar-refractivity contribution in [2.45, 2.75) is 121 Å². The van der Waals surface area contributed by atoms with Crippen molar-refractivity contribution < 1.29 is 64.2 Å². The number of hydrogen-bond donors (Lipinski definition) is 7. The van der Waals surface area contributed by atoms with E-state index in [-0.39, 0.29) is 30.5 Å². The second-order valence-electron chi connectivity index (χ2n) is 12.1. The van der Waals surface area contributed by atoms with Gasteiger partial charge in [0, 0.05) is 18.9 Å². The zero-order valence-corrected chi connectivity index (χ0v) is 25.7. The summed E-state index contributed by atoms with van der Waals surface area (Å²) in [6.07, 6.45) is -7.47. The number of hydrogen-bond acceptors (Lipinski definition) is 13. The van der Waals surface area contributed by atoms with Gasteiger partial charge >= 0.3 is 5.97 Å². The highest BCUT2D eigenvalue weighted by molar-refractivity contribution is 5.69. The minimum absolute atomic E-state index is 0.0333. The molecule has 0 aromatic heterocycles. The number of aliphatic hydroxyl groups is 7. The zero-order valence-electron chi connectivity index (χ0n) is 25.7. The van der Waals surface area contributed by atoms with Crippen molar-refractivity contribution in [2.24, 2.45) is 11.8 Å². The third-order valence-corrected chi connectivity index (χ3v) is 8.27. The van der Waals surface area contributed by atoms with Crippen LogP contribution in [-0.4, -0.2) is 117 Å². The largest absolute Gasteiger partial charge is 0.493 e. The van der Waals surface area contributed by atoms with Crippen molar-refractivity contribution in [2.75, 3.05) is 20.3 Å². The molecule has 2 aliphatic rings. The van der Waals surface area contributed by atoms with Gasteiger partial charge in [0.15, 0.2) is 11.5 Å². The first kappa shape index (κ1) is 36.4. The molecular formula is C31H50O13. The number of carbonyl (C=O) groups excluding carboxylic acids is 1. The van der Waals surface area contributed by atoms with Gasteiger partial charge in [-0.15, -0.1) is 0 Å². The van der Waals surface area contributed by atoms with E-state index >= 15 is 0 Å². The van der Waals surface area contributed by atoms with Crippen LogP contribution in [0, 0.1) is 11.8 Å². The lowest BCUT2D eigenvalue weighted by Gasteiger charge is -2.46. The van der Waals surface area contributed by atoms with E-state index in [0.717, 1.165) is 25.7 Å². The molecule has 0 radical (unpaired) electrons. The van der Waals surface area contributed by atoms with Gasteiger partial charge in [-0.05, 0) is 36.5 Å². The molecule has 1 aliphatic heterocycles. The van der Waals surface area contributed by atoms with E-state index in [1.165, 1.54) is 19.6 Å². The number of methoxy groups -OCH3 is 1. The summed E-state index contributed by atoms with van der Waals surface area (Å²) in [6, 6.07) is 4.80. The lowest BCUT2D eigenvalue weighted by molar-refractivity contribution is -0.303. The molecule has 13 heteroatoms. The fourth-order valence-electron chi connectivity index (χ4n) is 5.55. The van der Waals surface area contributed by atoms with E-state index < -0.39 is 74.3 Å². The van der Waals surface area contributed by atoms with Gasteiger partial charge in [0.2, 0.25) is 6.29 Å². The van der Waals surface area contributed by atoms with E-state index in [4.69, 9.17) is 23.7 Å². The molecule has 7 N–H and O–H groups in total. The predicted octanol–water partition coefficient (Wildman–Crippen LogP) is 0.402. The lowest BCUT2D eigenvalue weighted by Crippen LogP contribution is -2.63. The molecule has 1 heterocycles. The monoisotopic (exact) mass is 630 g/mol. The Labute approximate surface area is 258 Å². The first-order chi connectivity index (χ1) is 21.0. The van der Waals surface area contributed by atoms with Gasteiger partial charge in [0.05, 0.1) is 25.9 Å². The standard InChI is InChI=1S/C31H50O13/c1-17(2)8-6-4-5-7-9-24(34)41-16-18-10-11-20(21(12-18)40-3)43-31-29(39)28(38)30(23(15-33)44-31)42-22-13-19(14-32)25(35)27(37)26(22)36/h10-12,17,19,22-23,25-33,35-39H,4-9,13-16H2,1-3H3. The number of esters is 1. The SMILES string of the molecule is COc1cc(COC(=O)CCCCCCC(C)C)ccc1OC1OC(CO)C(OC2CC(CO)C(O)C(O)C2O)C(O)C1O. The van der Waals surface area contributed by atoms with Crippen LogP contribution in [0.1, 0.15) is 64.4 Å². The number of ether oxygens (including phenoxy) is 5. The maximum Gasteiger partial charge on any atom is 0.306 e. The van der Waals surface area contributed by atoms with Crippen molar-refractivity contribution in [1.82, 2.24) is 0 Å². The van der Waals surface area contributed by atoms with Crippen LogP contribution in [0.25, 0.3) is 0 Å². The van der Waals surface area contributed by atoms with Crippen molar-refractivity contribution >= 4 is 5.97 Å². The van der Waals surface area contributed by atoms with E-state index in [0.29, 0.717) is 17.9 Å². The molecule has 10 unspecified atom stereocenters. The Hall–Kier alpha value is -2.07. The number of unbranched alkanes of at least 4 members (excludes halogenated alkanes) is 3. The highest BCUT2D eigenvalue weighted by Gasteiger charge is 2.50. The summed E-state index contributed by atoms with van der Waals surface area (Å²) >= 11 is 0. The topological polar surface area (TPSA) is 205 Å². The Morgan fingerprint density at radius 1 is 0.909 bits per heavy atom. The van der Waals surface area contributed by atoms with Gasteiger partial charge in [0.1, 0.15) is 43.2 Å². The molecule has 3 rings (SSSR count). The maximum absolute atomic E-state index is 12.2. The van der Waals surface area contributed by atoms with E-state index in [9.17, 15) is 40.5 Å². The quantitative estimate of drug-likeness (QED) is 0.0977. The number of aliphatic hydroxyl groups excluding tert-OH is 7. The zero-order chi connectivity index (χ0) is 32.4. The Kier molecular flexibility index (Phi) is 14.5. The smallest absolute Gasteiger partial charge is 0.306 e. The van der Waals surface area contributed by atoms with Crippen LogP contribution in [0.5, 0.6) is 11.5 Å². The van der Waals surface area contributed by atoms with Crippen molar-refractivity contribution in [3.05, 3.63) is 23.8 Å². The molecule has 1 aromatic rings. The first-order valence-corrected chi connectivity index (χ1v) is 15.4. The summed E-state index contributed by atoms with van der Waals surface area (Å²) in [5, 5.41) is 71.8. The van der Waals surface area contributed by atoms with Crippen molar-refractivity contribution in [3.8, 4) is 11.5 Å². The normalized spacial score (nSPS) is 32.4. The molecule has 1 aromatic carbocycles. The van der Waals surface area contributed by atoms with Crippen molar-refractivity contribution in [3.63, 3.8) is 0 Å². The minimum Gasteiger partial charge on any atom is -0.493 e. The molecule has 252 valence electrons. The van der Waals surface area contributed by atoms with Gasteiger partial charge in [0.25, 0.3) is 0 Å². The average Bonchev–Trinajstić information content (AvgIpc) is 3.01. The first-order valence-electron chi connectivity index (χ1n) is 15.4. The van der Waals surface area contributed by atoms with Crippen LogP contribution in [0.2, 0.25) is 0 Å². The molecule has 1 saturated heterocycles.